The molecule has 1 unspecified atom stereocenters. The topological polar surface area (TPSA) is 290 Å². The first-order valence-electron chi connectivity index (χ1n) is 12.9. The van der Waals surface area contributed by atoms with Crippen LogP contribution < -0.4 is 5.73 Å². The van der Waals surface area contributed by atoms with E-state index in [1.54, 1.807) is 0 Å². The molecule has 4 rings (SSSR count). The molecule has 3 aliphatic heterocycles. The van der Waals surface area contributed by atoms with Crippen LogP contribution in [0.5, 0.6) is 0 Å². The summed E-state index contributed by atoms with van der Waals surface area (Å²) in [5.41, 5.74) is 6.11. The molecule has 1 saturated carbocycles. The lowest BCUT2D eigenvalue weighted by molar-refractivity contribution is -0.356. The Bertz CT molecular complexity index is 908. The molecule has 0 spiro atoms. The van der Waals surface area contributed by atoms with E-state index in [0.29, 0.717) is 18.8 Å². The number of phosphoric acid groups is 1. The van der Waals surface area contributed by atoms with Crippen LogP contribution in [0.2, 0.25) is 0 Å². The first kappa shape index (κ1) is 33.8. The van der Waals surface area contributed by atoms with Crippen molar-refractivity contribution in [2.45, 2.75) is 104 Å². The molecule has 0 amide bonds. The van der Waals surface area contributed by atoms with Gasteiger partial charge in [0.2, 0.25) is 0 Å². The van der Waals surface area contributed by atoms with E-state index in [2.05, 4.69) is 12.6 Å². The summed E-state index contributed by atoms with van der Waals surface area (Å²) in [6, 6.07) is -1.49. The van der Waals surface area contributed by atoms with Crippen molar-refractivity contribution in [2.75, 3.05) is 25.6 Å². The second kappa shape index (κ2) is 13.9. The maximum atomic E-state index is 12.0. The summed E-state index contributed by atoms with van der Waals surface area (Å²) in [6.45, 7) is -0.677. The number of thiol groups is 1. The van der Waals surface area contributed by atoms with Crippen LogP contribution in [-0.4, -0.2) is 169 Å². The summed E-state index contributed by atoms with van der Waals surface area (Å²) in [6.07, 6.45) is -23.8. The van der Waals surface area contributed by atoms with Gasteiger partial charge < -0.3 is 75.2 Å². The van der Waals surface area contributed by atoms with E-state index in [4.69, 9.17) is 38.5 Å². The van der Waals surface area contributed by atoms with Crippen LogP contribution >= 0.6 is 20.5 Å². The molecule has 18 nitrogen and oxygen atoms in total. The molecular weight excluding hydrogens is 601 g/mol. The average Bonchev–Trinajstić information content (AvgIpc) is 3.27. The fourth-order valence-corrected chi connectivity index (χ4v) is 6.40. The van der Waals surface area contributed by atoms with Gasteiger partial charge in [-0.05, 0) is 12.2 Å². The molecule has 0 radical (unpaired) electrons. The minimum absolute atomic E-state index is 0.167. The van der Waals surface area contributed by atoms with E-state index in [-0.39, 0.29) is 6.61 Å². The molecule has 0 aromatic heterocycles. The maximum absolute atomic E-state index is 12.0. The van der Waals surface area contributed by atoms with Crippen molar-refractivity contribution < 1.29 is 83.0 Å². The zero-order valence-electron chi connectivity index (χ0n) is 21.5. The van der Waals surface area contributed by atoms with Crippen LogP contribution in [0.3, 0.4) is 0 Å². The second-order valence-corrected chi connectivity index (χ2v) is 12.0. The number of aliphatic hydroxyl groups is 8. The molecule has 3 saturated heterocycles. The summed E-state index contributed by atoms with van der Waals surface area (Å²) in [5, 5.41) is 82.9. The highest BCUT2D eigenvalue weighted by molar-refractivity contribution is 7.80. The second-order valence-electron chi connectivity index (χ2n) is 10.2. The van der Waals surface area contributed by atoms with Crippen molar-refractivity contribution in [3.63, 3.8) is 0 Å². The predicted molar refractivity (Wildman–Crippen MR) is 133 cm³/mol. The number of aliphatic hydroxyl groups excluding tert-OH is 8. The number of rotatable bonds is 10. The zero-order chi connectivity index (χ0) is 30.2. The number of nitrogens with two attached hydrogens (primary N) is 1. The molecule has 11 N–H and O–H groups in total. The SMILES string of the molecule is N[C@H]1[C@@H](O[C@@H]2[C@@H](O)[C@H](O)[C@@H](O)[C@H]3OP(=O)(O)O[C@H]32)O[C@H](CO)[C@@H](O[C@H]2O[C@H](COCCCS)[C@H](O)[C@H](O)[C@H]2O)[C@@H]1O. The van der Waals surface area contributed by atoms with Gasteiger partial charge in [-0.15, -0.1) is 0 Å². The van der Waals surface area contributed by atoms with E-state index < -0.39 is 112 Å². The van der Waals surface area contributed by atoms with Gasteiger partial charge in [0, 0.05) is 6.61 Å². The lowest BCUT2D eigenvalue weighted by Gasteiger charge is -2.48. The standard InChI is InChI=1S/C21H38NO17PS/c22-8-10(25)16(36-21-15(30)11(26)9(24)7(35-21)5-33-2-1-3-41)6(4-23)34-20(8)37-17-13(28)12(27)14(29)18-19(17)39-40(31,32)38-18/h6-21,23-30,41H,1-5,22H2,(H,31,32)/t6-,7-,8-,9+,10-,11+,12+,13+,14-,15-,16-,17-,18-,19+,20-,21-/m1/s1. The zero-order valence-corrected chi connectivity index (χ0v) is 23.3. The molecule has 0 bridgehead atoms. The van der Waals surface area contributed by atoms with Gasteiger partial charge in [-0.3, -0.25) is 9.05 Å². The Morgan fingerprint density at radius 2 is 1.37 bits per heavy atom. The minimum Gasteiger partial charge on any atom is -0.394 e. The highest BCUT2D eigenvalue weighted by atomic mass is 32.1. The lowest BCUT2D eigenvalue weighted by atomic mass is 9.84. The van der Waals surface area contributed by atoms with Gasteiger partial charge in [0.15, 0.2) is 12.6 Å². The summed E-state index contributed by atoms with van der Waals surface area (Å²) in [7, 11) is -4.67. The van der Waals surface area contributed by atoms with E-state index in [1.165, 1.54) is 0 Å². The quantitative estimate of drug-likeness (QED) is 0.0603. The lowest BCUT2D eigenvalue weighted by Crippen LogP contribution is -2.69. The number of phosphoric ester groups is 1. The third-order valence-electron chi connectivity index (χ3n) is 7.41. The molecule has 240 valence electrons. The normalized spacial score (nSPS) is 52.4. The first-order chi connectivity index (χ1) is 19.3. The molecule has 3 heterocycles. The average molecular weight is 640 g/mol. The highest BCUT2D eigenvalue weighted by Crippen LogP contribution is 2.56. The number of fused-ring (bicyclic) bond motifs is 1. The molecule has 0 aromatic carbocycles. The summed E-state index contributed by atoms with van der Waals surface area (Å²) < 4.78 is 49.6. The van der Waals surface area contributed by atoms with Crippen molar-refractivity contribution in [2.24, 2.45) is 5.73 Å². The largest absolute Gasteiger partial charge is 0.473 e. The number of hydrogen-bond acceptors (Lipinski definition) is 18. The third-order valence-corrected chi connectivity index (χ3v) is 8.75. The molecule has 4 fully saturated rings. The Balaban J connectivity index is 1.45. The summed E-state index contributed by atoms with van der Waals surface area (Å²) in [5.74, 6) is 0.556. The van der Waals surface area contributed by atoms with Crippen LogP contribution in [0, 0.1) is 0 Å². The van der Waals surface area contributed by atoms with Crippen molar-refractivity contribution in [1.82, 2.24) is 0 Å². The molecule has 0 aromatic rings. The van der Waals surface area contributed by atoms with Gasteiger partial charge >= 0.3 is 7.82 Å². The van der Waals surface area contributed by atoms with Crippen LogP contribution in [0.4, 0.5) is 0 Å². The number of ether oxygens (including phenoxy) is 5. The van der Waals surface area contributed by atoms with E-state index >= 15 is 0 Å². The predicted octanol–water partition coefficient (Wildman–Crippen LogP) is -5.71. The third kappa shape index (κ3) is 7.09. The number of hydrogen-bond donors (Lipinski definition) is 11. The molecular formula is C21H38NO17PS. The summed E-state index contributed by atoms with van der Waals surface area (Å²) in [4.78, 5) is 9.71. The molecule has 41 heavy (non-hydrogen) atoms. The molecule has 4 aliphatic rings. The summed E-state index contributed by atoms with van der Waals surface area (Å²) >= 11 is 4.07. The van der Waals surface area contributed by atoms with Crippen LogP contribution in [-0.2, 0) is 37.3 Å². The van der Waals surface area contributed by atoms with Crippen LogP contribution in [0.15, 0.2) is 0 Å². The fourth-order valence-electron chi connectivity index (χ4n) is 5.12. The van der Waals surface area contributed by atoms with Crippen molar-refractivity contribution >= 4 is 20.5 Å². The fraction of sp³-hybridized carbons (Fsp3) is 1.00. The Labute approximate surface area is 239 Å². The monoisotopic (exact) mass is 639 g/mol. The van der Waals surface area contributed by atoms with Gasteiger partial charge in [-0.1, -0.05) is 0 Å². The Hall–Kier alpha value is -0.100. The van der Waals surface area contributed by atoms with E-state index in [9.17, 15) is 50.3 Å². The van der Waals surface area contributed by atoms with Gasteiger partial charge in [0.1, 0.15) is 79.4 Å². The van der Waals surface area contributed by atoms with Gasteiger partial charge in [-0.2, -0.15) is 12.6 Å². The Morgan fingerprint density at radius 3 is 2.02 bits per heavy atom. The maximum Gasteiger partial charge on any atom is 0.473 e. The smallest absolute Gasteiger partial charge is 0.394 e. The van der Waals surface area contributed by atoms with E-state index in [0.717, 1.165) is 0 Å². The Morgan fingerprint density at radius 1 is 0.756 bits per heavy atom. The van der Waals surface area contributed by atoms with Crippen molar-refractivity contribution in [1.29, 1.82) is 0 Å². The van der Waals surface area contributed by atoms with Crippen molar-refractivity contribution in [3.05, 3.63) is 0 Å². The molecule has 1 aliphatic carbocycles. The van der Waals surface area contributed by atoms with Gasteiger partial charge in [-0.25, -0.2) is 4.57 Å². The van der Waals surface area contributed by atoms with Crippen LogP contribution in [0.1, 0.15) is 6.42 Å². The molecule has 17 atom stereocenters. The van der Waals surface area contributed by atoms with Crippen LogP contribution in [0.25, 0.3) is 0 Å². The van der Waals surface area contributed by atoms with Crippen molar-refractivity contribution in [3.8, 4) is 0 Å². The first-order valence-corrected chi connectivity index (χ1v) is 15.1. The van der Waals surface area contributed by atoms with E-state index in [1.807, 2.05) is 0 Å². The highest BCUT2D eigenvalue weighted by Gasteiger charge is 2.61. The Kier molecular flexibility index (Phi) is 11.5. The van der Waals surface area contributed by atoms with Gasteiger partial charge in [0.05, 0.1) is 19.3 Å². The molecule has 20 heteroatoms. The minimum atomic E-state index is -4.67. The van der Waals surface area contributed by atoms with Gasteiger partial charge in [0.25, 0.3) is 0 Å².